The van der Waals surface area contributed by atoms with E-state index in [-0.39, 0.29) is 6.09 Å². The summed E-state index contributed by atoms with van der Waals surface area (Å²) in [6, 6.07) is 0.427. The summed E-state index contributed by atoms with van der Waals surface area (Å²) in [6.45, 7) is 3.06. The van der Waals surface area contributed by atoms with E-state index in [2.05, 4.69) is 6.92 Å². The predicted octanol–water partition coefficient (Wildman–Crippen LogP) is 2.80. The van der Waals surface area contributed by atoms with Crippen LogP contribution in [-0.2, 0) is 4.74 Å². The van der Waals surface area contributed by atoms with Crippen molar-refractivity contribution in [3.05, 3.63) is 0 Å². The summed E-state index contributed by atoms with van der Waals surface area (Å²) in [5.41, 5.74) is 0. The molecule has 82 valence electrons. The lowest BCUT2D eigenvalue weighted by Crippen LogP contribution is -2.43. The lowest BCUT2D eigenvalue weighted by atomic mass is 9.98. The number of amides is 1. The quantitative estimate of drug-likeness (QED) is 0.699. The summed E-state index contributed by atoms with van der Waals surface area (Å²) in [5, 5.41) is 0. The van der Waals surface area contributed by atoms with Gasteiger partial charge in [-0.1, -0.05) is 19.8 Å². The molecule has 3 nitrogen and oxygen atoms in total. The van der Waals surface area contributed by atoms with Gasteiger partial charge in [0.15, 0.2) is 0 Å². The zero-order valence-electron chi connectivity index (χ0n) is 9.29. The number of hydrogen-bond acceptors (Lipinski definition) is 2. The molecule has 0 aromatic heterocycles. The third kappa shape index (κ3) is 2.89. The Kier molecular flexibility index (Phi) is 4.77. The zero-order valence-corrected chi connectivity index (χ0v) is 9.29. The van der Waals surface area contributed by atoms with Crippen LogP contribution in [0.15, 0.2) is 0 Å². The molecule has 0 N–H and O–H groups in total. The van der Waals surface area contributed by atoms with Gasteiger partial charge in [-0.25, -0.2) is 4.79 Å². The van der Waals surface area contributed by atoms with Crippen LogP contribution in [0.4, 0.5) is 4.79 Å². The highest BCUT2D eigenvalue weighted by Gasteiger charge is 2.26. The number of hydrogen-bond donors (Lipinski definition) is 0. The highest BCUT2D eigenvalue weighted by Crippen LogP contribution is 2.21. The highest BCUT2D eigenvalue weighted by molar-refractivity contribution is 5.67. The molecule has 0 spiro atoms. The van der Waals surface area contributed by atoms with Gasteiger partial charge in [-0.05, 0) is 25.7 Å². The van der Waals surface area contributed by atoms with Gasteiger partial charge in [-0.3, -0.25) is 0 Å². The van der Waals surface area contributed by atoms with Gasteiger partial charge in [0.05, 0.1) is 7.11 Å². The molecule has 1 aliphatic heterocycles. The Bertz CT molecular complexity index is 182. The van der Waals surface area contributed by atoms with E-state index in [4.69, 9.17) is 4.74 Å². The molecule has 1 rings (SSSR count). The van der Waals surface area contributed by atoms with Gasteiger partial charge < -0.3 is 9.64 Å². The fourth-order valence-corrected chi connectivity index (χ4v) is 2.10. The molecule has 1 fully saturated rings. The van der Waals surface area contributed by atoms with Crippen LogP contribution in [0.2, 0.25) is 0 Å². The maximum Gasteiger partial charge on any atom is 0.409 e. The Balaban J connectivity index is 2.45. The van der Waals surface area contributed by atoms with E-state index in [0.717, 1.165) is 25.8 Å². The molecule has 1 atom stereocenters. The maximum atomic E-state index is 11.4. The Morgan fingerprint density at radius 1 is 1.50 bits per heavy atom. The molecule has 1 aliphatic rings. The Hall–Kier alpha value is -0.730. The van der Waals surface area contributed by atoms with Gasteiger partial charge in [0, 0.05) is 12.6 Å². The van der Waals surface area contributed by atoms with Crippen molar-refractivity contribution < 1.29 is 9.53 Å². The fraction of sp³-hybridized carbons (Fsp3) is 0.909. The highest BCUT2D eigenvalue weighted by atomic mass is 16.5. The first-order valence-electron chi connectivity index (χ1n) is 5.64. The Morgan fingerprint density at radius 3 is 2.93 bits per heavy atom. The molecular formula is C11H21NO2. The van der Waals surface area contributed by atoms with E-state index in [1.807, 2.05) is 4.90 Å². The minimum absolute atomic E-state index is 0.147. The van der Waals surface area contributed by atoms with Gasteiger partial charge >= 0.3 is 6.09 Å². The summed E-state index contributed by atoms with van der Waals surface area (Å²) in [4.78, 5) is 13.3. The fourth-order valence-electron chi connectivity index (χ4n) is 2.10. The third-order valence-corrected chi connectivity index (χ3v) is 2.93. The van der Waals surface area contributed by atoms with Crippen molar-refractivity contribution in [2.45, 2.75) is 51.5 Å². The average Bonchev–Trinajstić information content (AvgIpc) is 2.25. The number of carbonyl (C=O) groups excluding carboxylic acids is 1. The van der Waals surface area contributed by atoms with Crippen molar-refractivity contribution in [3.63, 3.8) is 0 Å². The molecule has 14 heavy (non-hydrogen) atoms. The lowest BCUT2D eigenvalue weighted by Gasteiger charge is -2.34. The summed E-state index contributed by atoms with van der Waals surface area (Å²) in [7, 11) is 1.47. The van der Waals surface area contributed by atoms with E-state index >= 15 is 0 Å². The van der Waals surface area contributed by atoms with Crippen LogP contribution in [0.3, 0.4) is 0 Å². The van der Waals surface area contributed by atoms with Crippen LogP contribution in [0, 0.1) is 0 Å². The molecule has 1 saturated heterocycles. The number of methoxy groups -OCH3 is 1. The summed E-state index contributed by atoms with van der Waals surface area (Å²) >= 11 is 0. The van der Waals surface area contributed by atoms with Crippen molar-refractivity contribution in [2.24, 2.45) is 0 Å². The minimum atomic E-state index is -0.147. The van der Waals surface area contributed by atoms with E-state index in [1.54, 1.807) is 0 Å². The normalized spacial score (nSPS) is 22.1. The van der Waals surface area contributed by atoms with Gasteiger partial charge in [0.2, 0.25) is 0 Å². The first-order chi connectivity index (χ1) is 6.79. The van der Waals surface area contributed by atoms with E-state index < -0.39 is 0 Å². The first-order valence-corrected chi connectivity index (χ1v) is 5.64. The van der Waals surface area contributed by atoms with Gasteiger partial charge in [-0.2, -0.15) is 0 Å². The van der Waals surface area contributed by atoms with Crippen molar-refractivity contribution in [2.75, 3.05) is 13.7 Å². The Morgan fingerprint density at radius 2 is 2.29 bits per heavy atom. The lowest BCUT2D eigenvalue weighted by molar-refractivity contribution is 0.0862. The van der Waals surface area contributed by atoms with Crippen molar-refractivity contribution in [3.8, 4) is 0 Å². The third-order valence-electron chi connectivity index (χ3n) is 2.93. The number of piperidine rings is 1. The largest absolute Gasteiger partial charge is 0.453 e. The van der Waals surface area contributed by atoms with E-state index in [9.17, 15) is 4.79 Å². The molecule has 1 heterocycles. The number of likely N-dealkylation sites (tertiary alicyclic amines) is 1. The molecule has 0 unspecified atom stereocenters. The van der Waals surface area contributed by atoms with Crippen LogP contribution in [0.1, 0.15) is 45.4 Å². The first kappa shape index (κ1) is 11.3. The second-order valence-electron chi connectivity index (χ2n) is 3.96. The van der Waals surface area contributed by atoms with Crippen LogP contribution < -0.4 is 0 Å². The van der Waals surface area contributed by atoms with Crippen LogP contribution in [-0.4, -0.2) is 30.7 Å². The predicted molar refractivity (Wildman–Crippen MR) is 56.3 cm³/mol. The number of ether oxygens (including phenoxy) is 1. The number of unbranched alkanes of at least 4 members (excludes halogenated alkanes) is 1. The summed E-state index contributed by atoms with van der Waals surface area (Å²) in [6.07, 6.45) is 6.91. The SMILES string of the molecule is CCCC[C@@H]1CCCCN1C(=O)OC. The standard InChI is InChI=1S/C11H21NO2/c1-3-4-7-10-8-5-6-9-12(10)11(13)14-2/h10H,3-9H2,1-2H3/t10-/m1/s1. The van der Waals surface area contributed by atoms with E-state index in [0.29, 0.717) is 6.04 Å². The number of rotatable bonds is 3. The van der Waals surface area contributed by atoms with Crippen molar-refractivity contribution >= 4 is 6.09 Å². The topological polar surface area (TPSA) is 29.5 Å². The minimum Gasteiger partial charge on any atom is -0.453 e. The molecule has 0 bridgehead atoms. The smallest absolute Gasteiger partial charge is 0.409 e. The molecular weight excluding hydrogens is 178 g/mol. The van der Waals surface area contributed by atoms with Crippen molar-refractivity contribution in [1.29, 1.82) is 0 Å². The monoisotopic (exact) mass is 199 g/mol. The summed E-state index contributed by atoms with van der Waals surface area (Å²) in [5.74, 6) is 0. The zero-order chi connectivity index (χ0) is 10.4. The molecule has 0 aromatic rings. The molecule has 0 saturated carbocycles. The number of carbonyl (C=O) groups is 1. The average molecular weight is 199 g/mol. The summed E-state index contributed by atoms with van der Waals surface area (Å²) < 4.78 is 4.79. The molecule has 0 aromatic carbocycles. The van der Waals surface area contributed by atoms with E-state index in [1.165, 1.54) is 26.4 Å². The molecule has 0 radical (unpaired) electrons. The van der Waals surface area contributed by atoms with Crippen LogP contribution in [0.25, 0.3) is 0 Å². The van der Waals surface area contributed by atoms with Crippen molar-refractivity contribution in [1.82, 2.24) is 4.90 Å². The number of nitrogens with zero attached hydrogens (tertiary/aromatic N) is 1. The van der Waals surface area contributed by atoms with Gasteiger partial charge in [0.1, 0.15) is 0 Å². The Labute approximate surface area is 86.4 Å². The second kappa shape index (κ2) is 5.89. The van der Waals surface area contributed by atoms with Gasteiger partial charge in [-0.15, -0.1) is 0 Å². The van der Waals surface area contributed by atoms with Crippen LogP contribution in [0.5, 0.6) is 0 Å². The van der Waals surface area contributed by atoms with Crippen LogP contribution >= 0.6 is 0 Å². The van der Waals surface area contributed by atoms with Gasteiger partial charge in [0.25, 0.3) is 0 Å². The maximum absolute atomic E-state index is 11.4. The molecule has 1 amide bonds. The molecule has 0 aliphatic carbocycles. The second-order valence-corrected chi connectivity index (χ2v) is 3.96. The molecule has 3 heteroatoms.